The molecule has 0 aliphatic rings. The lowest BCUT2D eigenvalue weighted by molar-refractivity contribution is 0.628. The van der Waals surface area contributed by atoms with Gasteiger partial charge in [0.2, 0.25) is 0 Å². The van der Waals surface area contributed by atoms with E-state index in [4.69, 9.17) is 0 Å². The van der Waals surface area contributed by atoms with Gasteiger partial charge in [0.25, 0.3) is 0 Å². The highest BCUT2D eigenvalue weighted by molar-refractivity contribution is 7.81. The maximum atomic E-state index is 12.5. The molecule has 1 nitrogen and oxygen atoms in total. The Balaban J connectivity index is 3.09. The monoisotopic (exact) mass is 157 g/mol. The van der Waals surface area contributed by atoms with Crippen molar-refractivity contribution in [3.8, 4) is 0 Å². The number of aryl methyl sites for hydroxylation is 1. The normalized spacial score (nSPS) is 9.50. The molecule has 3 heteroatoms. The third-order valence-electron chi connectivity index (χ3n) is 1.32. The zero-order valence-corrected chi connectivity index (χ0v) is 6.45. The van der Waals surface area contributed by atoms with Crippen molar-refractivity contribution < 1.29 is 4.39 Å². The SMILES string of the molecule is Cc1ccc(F)cc1NS. The molecule has 0 heterocycles. The lowest BCUT2D eigenvalue weighted by Gasteiger charge is -2.01. The molecule has 0 aliphatic carbocycles. The summed E-state index contributed by atoms with van der Waals surface area (Å²) in [6, 6.07) is 4.53. The molecule has 0 saturated heterocycles. The molecule has 1 aromatic rings. The van der Waals surface area contributed by atoms with Crippen LogP contribution in [-0.4, -0.2) is 0 Å². The van der Waals surface area contributed by atoms with Gasteiger partial charge in [0, 0.05) is 5.69 Å². The Labute approximate surface area is 64.8 Å². The van der Waals surface area contributed by atoms with Crippen LogP contribution in [0.5, 0.6) is 0 Å². The van der Waals surface area contributed by atoms with Gasteiger partial charge < -0.3 is 4.72 Å². The summed E-state index contributed by atoms with van der Waals surface area (Å²) in [7, 11) is 0. The van der Waals surface area contributed by atoms with Crippen LogP contribution in [-0.2, 0) is 0 Å². The molecule has 0 atom stereocenters. The smallest absolute Gasteiger partial charge is 0.125 e. The molecule has 0 saturated carbocycles. The van der Waals surface area contributed by atoms with Crippen LogP contribution in [0.25, 0.3) is 0 Å². The Hall–Kier alpha value is -0.700. The first-order valence-corrected chi connectivity index (χ1v) is 3.35. The van der Waals surface area contributed by atoms with Crippen molar-refractivity contribution in [1.29, 1.82) is 0 Å². The fourth-order valence-electron chi connectivity index (χ4n) is 0.715. The third-order valence-corrected chi connectivity index (χ3v) is 1.56. The number of hydrogen-bond acceptors (Lipinski definition) is 2. The van der Waals surface area contributed by atoms with Crippen LogP contribution in [0.3, 0.4) is 0 Å². The Kier molecular flexibility index (Phi) is 2.17. The molecule has 10 heavy (non-hydrogen) atoms. The van der Waals surface area contributed by atoms with Crippen molar-refractivity contribution in [2.24, 2.45) is 0 Å². The van der Waals surface area contributed by atoms with Gasteiger partial charge in [-0.1, -0.05) is 18.9 Å². The van der Waals surface area contributed by atoms with E-state index in [0.29, 0.717) is 5.69 Å². The minimum Gasteiger partial charge on any atom is -0.332 e. The van der Waals surface area contributed by atoms with E-state index in [1.807, 2.05) is 6.92 Å². The maximum absolute atomic E-state index is 12.5. The Morgan fingerprint density at radius 3 is 2.70 bits per heavy atom. The number of nitrogens with one attached hydrogen (secondary N) is 1. The van der Waals surface area contributed by atoms with Gasteiger partial charge in [-0.3, -0.25) is 0 Å². The van der Waals surface area contributed by atoms with Crippen LogP contribution < -0.4 is 4.72 Å². The van der Waals surface area contributed by atoms with E-state index >= 15 is 0 Å². The zero-order valence-electron chi connectivity index (χ0n) is 5.56. The molecule has 0 aliphatic heterocycles. The quantitative estimate of drug-likeness (QED) is 0.596. The Bertz CT molecular complexity index is 237. The summed E-state index contributed by atoms with van der Waals surface area (Å²) in [6.45, 7) is 1.89. The molecule has 1 aromatic carbocycles. The lowest BCUT2D eigenvalue weighted by atomic mass is 10.2. The van der Waals surface area contributed by atoms with Crippen LogP contribution in [0, 0.1) is 12.7 Å². The molecule has 0 amide bonds. The van der Waals surface area contributed by atoms with Gasteiger partial charge in [-0.25, -0.2) is 4.39 Å². The van der Waals surface area contributed by atoms with Gasteiger partial charge >= 0.3 is 0 Å². The second kappa shape index (κ2) is 2.92. The van der Waals surface area contributed by atoms with E-state index < -0.39 is 0 Å². The molecule has 54 valence electrons. The van der Waals surface area contributed by atoms with Gasteiger partial charge in [-0.05, 0) is 24.6 Å². The van der Waals surface area contributed by atoms with Gasteiger partial charge in [0.15, 0.2) is 0 Å². The van der Waals surface area contributed by atoms with E-state index in [0.717, 1.165) is 5.56 Å². The molecular formula is C7H8FNS. The Morgan fingerprint density at radius 2 is 2.20 bits per heavy atom. The average Bonchev–Trinajstić information content (AvgIpc) is 1.94. The van der Waals surface area contributed by atoms with E-state index in [-0.39, 0.29) is 5.82 Å². The van der Waals surface area contributed by atoms with Gasteiger partial charge in [0.1, 0.15) is 5.82 Å². The highest BCUT2D eigenvalue weighted by Gasteiger charge is 1.95. The second-order valence-corrected chi connectivity index (χ2v) is 2.29. The molecule has 0 bridgehead atoms. The molecule has 0 fully saturated rings. The standard InChI is InChI=1S/C7H8FNS/c1-5-2-3-6(8)4-7(5)9-10/h2-4,9-10H,1H3. The van der Waals surface area contributed by atoms with E-state index in [9.17, 15) is 4.39 Å². The highest BCUT2D eigenvalue weighted by atomic mass is 32.1. The van der Waals surface area contributed by atoms with Gasteiger partial charge in [0.05, 0.1) is 0 Å². The molecule has 0 spiro atoms. The molecule has 0 radical (unpaired) electrons. The number of benzene rings is 1. The summed E-state index contributed by atoms with van der Waals surface area (Å²) >= 11 is 3.81. The topological polar surface area (TPSA) is 12.0 Å². The molecule has 0 aromatic heterocycles. The summed E-state index contributed by atoms with van der Waals surface area (Å²) in [5, 5.41) is 0. The van der Waals surface area contributed by atoms with E-state index in [2.05, 4.69) is 17.5 Å². The van der Waals surface area contributed by atoms with Crippen molar-refractivity contribution >= 4 is 18.5 Å². The first-order chi connectivity index (χ1) is 4.74. The summed E-state index contributed by atoms with van der Waals surface area (Å²) in [5.74, 6) is -0.248. The number of anilines is 1. The Morgan fingerprint density at radius 1 is 1.50 bits per heavy atom. The van der Waals surface area contributed by atoms with E-state index in [1.165, 1.54) is 12.1 Å². The largest absolute Gasteiger partial charge is 0.332 e. The number of hydrogen-bond donors (Lipinski definition) is 2. The van der Waals surface area contributed by atoms with Crippen molar-refractivity contribution in [3.05, 3.63) is 29.6 Å². The van der Waals surface area contributed by atoms with Gasteiger partial charge in [-0.15, -0.1) is 0 Å². The van der Waals surface area contributed by atoms with Crippen LogP contribution in [0.15, 0.2) is 18.2 Å². The van der Waals surface area contributed by atoms with E-state index in [1.54, 1.807) is 6.07 Å². The van der Waals surface area contributed by atoms with Gasteiger partial charge in [-0.2, -0.15) is 0 Å². The van der Waals surface area contributed by atoms with Crippen molar-refractivity contribution in [1.82, 2.24) is 0 Å². The lowest BCUT2D eigenvalue weighted by Crippen LogP contribution is -1.86. The molecule has 1 N–H and O–H groups in total. The second-order valence-electron chi connectivity index (χ2n) is 2.07. The fourth-order valence-corrected chi connectivity index (χ4v) is 0.956. The minimum absolute atomic E-state index is 0.248. The number of rotatable bonds is 1. The number of thiol groups is 1. The van der Waals surface area contributed by atoms with Crippen molar-refractivity contribution in [2.75, 3.05) is 4.72 Å². The highest BCUT2D eigenvalue weighted by Crippen LogP contribution is 2.15. The minimum atomic E-state index is -0.248. The summed E-state index contributed by atoms with van der Waals surface area (Å²) in [5.41, 5.74) is 1.69. The molecule has 1 rings (SSSR count). The number of halogens is 1. The summed E-state index contributed by atoms with van der Waals surface area (Å²) in [4.78, 5) is 0. The van der Waals surface area contributed by atoms with Crippen molar-refractivity contribution in [3.63, 3.8) is 0 Å². The third kappa shape index (κ3) is 1.42. The van der Waals surface area contributed by atoms with Crippen LogP contribution in [0.1, 0.15) is 5.56 Å². The average molecular weight is 157 g/mol. The first-order valence-electron chi connectivity index (χ1n) is 2.90. The predicted octanol–water partition coefficient (Wildman–Crippen LogP) is 2.39. The maximum Gasteiger partial charge on any atom is 0.125 e. The summed E-state index contributed by atoms with van der Waals surface area (Å²) < 4.78 is 15.1. The van der Waals surface area contributed by atoms with Crippen LogP contribution in [0.2, 0.25) is 0 Å². The predicted molar refractivity (Wildman–Crippen MR) is 43.7 cm³/mol. The fraction of sp³-hybridized carbons (Fsp3) is 0.143. The first kappa shape index (κ1) is 7.41. The van der Waals surface area contributed by atoms with Crippen LogP contribution in [0.4, 0.5) is 10.1 Å². The molecule has 0 unspecified atom stereocenters. The zero-order chi connectivity index (χ0) is 7.56. The summed E-state index contributed by atoms with van der Waals surface area (Å²) in [6.07, 6.45) is 0. The molecular weight excluding hydrogens is 149 g/mol. The van der Waals surface area contributed by atoms with Crippen LogP contribution >= 0.6 is 12.8 Å². The van der Waals surface area contributed by atoms with Crippen molar-refractivity contribution in [2.45, 2.75) is 6.92 Å².